The maximum atomic E-state index is 5.24. The van der Waals surface area contributed by atoms with Crippen molar-refractivity contribution in [1.82, 2.24) is 29.5 Å². The summed E-state index contributed by atoms with van der Waals surface area (Å²) in [5.41, 5.74) is 4.95. The Labute approximate surface area is 175 Å². The first-order chi connectivity index (χ1) is 14.8. The number of H-pyrrole nitrogens is 1. The third-order valence-electron chi connectivity index (χ3n) is 6.86. The van der Waals surface area contributed by atoms with Crippen LogP contribution >= 0.6 is 0 Å². The molecule has 2 aliphatic heterocycles. The molecule has 0 spiro atoms. The van der Waals surface area contributed by atoms with Crippen molar-refractivity contribution in [1.29, 1.82) is 0 Å². The van der Waals surface area contributed by atoms with Crippen LogP contribution in [-0.2, 0) is 13.0 Å². The first kappa shape index (κ1) is 17.9. The van der Waals surface area contributed by atoms with Gasteiger partial charge in [-0.05, 0) is 55.1 Å². The molecular weight excluding hydrogens is 376 g/mol. The molecule has 3 aromatic heterocycles. The fourth-order valence-electron chi connectivity index (χ4n) is 5.32. The minimum atomic E-state index is 0.690. The van der Waals surface area contributed by atoms with Crippen molar-refractivity contribution in [3.05, 3.63) is 66.8 Å². The van der Waals surface area contributed by atoms with E-state index < -0.39 is 0 Å². The summed E-state index contributed by atoms with van der Waals surface area (Å²) in [7, 11) is 0. The van der Waals surface area contributed by atoms with Gasteiger partial charge in [0.1, 0.15) is 12.7 Å². The van der Waals surface area contributed by atoms with E-state index in [9.17, 15) is 0 Å². The van der Waals surface area contributed by atoms with Gasteiger partial charge in [0.05, 0.1) is 12.5 Å². The SMILES string of the molecule is c1cc(CN2C[C@@H]3CCN(CCc4c[nH]c5ccc(-n6cnnc6)cc45)[C@@H]3C2)co1. The number of hydrogen-bond acceptors (Lipinski definition) is 5. The number of aromatic nitrogens is 4. The summed E-state index contributed by atoms with van der Waals surface area (Å²) in [6.45, 7) is 5.72. The lowest BCUT2D eigenvalue weighted by atomic mass is 10.0. The third-order valence-corrected chi connectivity index (χ3v) is 6.86. The highest BCUT2D eigenvalue weighted by Gasteiger charge is 2.40. The Morgan fingerprint density at radius 1 is 1.13 bits per heavy atom. The molecule has 7 heteroatoms. The summed E-state index contributed by atoms with van der Waals surface area (Å²) in [5, 5.41) is 9.15. The Hall–Kier alpha value is -2.90. The smallest absolute Gasteiger partial charge is 0.123 e. The molecule has 2 fully saturated rings. The number of benzene rings is 1. The molecule has 2 saturated heterocycles. The summed E-state index contributed by atoms with van der Waals surface area (Å²) in [6, 6.07) is 9.25. The van der Waals surface area contributed by atoms with Crippen molar-refractivity contribution in [3.8, 4) is 5.69 Å². The van der Waals surface area contributed by atoms with Crippen LogP contribution in [0.1, 0.15) is 17.5 Å². The van der Waals surface area contributed by atoms with Crippen molar-refractivity contribution in [2.75, 3.05) is 26.2 Å². The molecule has 1 aromatic carbocycles. The predicted octanol–water partition coefficient (Wildman–Crippen LogP) is 3.09. The van der Waals surface area contributed by atoms with Gasteiger partial charge in [-0.1, -0.05) is 0 Å². The molecule has 0 bridgehead atoms. The summed E-state index contributed by atoms with van der Waals surface area (Å²) < 4.78 is 7.19. The molecule has 2 atom stereocenters. The van der Waals surface area contributed by atoms with Gasteiger partial charge in [-0.25, -0.2) is 0 Å². The zero-order valence-electron chi connectivity index (χ0n) is 16.9. The lowest BCUT2D eigenvalue weighted by Gasteiger charge is -2.24. The average Bonchev–Trinajstić information content (AvgIpc) is 3.55. The molecule has 0 aliphatic carbocycles. The summed E-state index contributed by atoms with van der Waals surface area (Å²) in [6.07, 6.45) is 11.7. The molecule has 6 rings (SSSR count). The van der Waals surface area contributed by atoms with Crippen LogP contribution < -0.4 is 0 Å². The number of nitrogens with zero attached hydrogens (tertiary/aromatic N) is 5. The van der Waals surface area contributed by atoms with E-state index in [4.69, 9.17) is 4.42 Å². The number of fused-ring (bicyclic) bond motifs is 2. The van der Waals surface area contributed by atoms with Gasteiger partial charge >= 0.3 is 0 Å². The largest absolute Gasteiger partial charge is 0.472 e. The number of furan rings is 1. The van der Waals surface area contributed by atoms with E-state index in [0.29, 0.717) is 6.04 Å². The highest BCUT2D eigenvalue weighted by atomic mass is 16.3. The molecule has 0 amide bonds. The highest BCUT2D eigenvalue weighted by Crippen LogP contribution is 2.32. The van der Waals surface area contributed by atoms with E-state index in [0.717, 1.165) is 31.1 Å². The van der Waals surface area contributed by atoms with Crippen molar-refractivity contribution in [2.24, 2.45) is 5.92 Å². The van der Waals surface area contributed by atoms with Crippen molar-refractivity contribution in [3.63, 3.8) is 0 Å². The molecular formula is C23H26N6O. The Morgan fingerprint density at radius 3 is 2.93 bits per heavy atom. The zero-order valence-corrected chi connectivity index (χ0v) is 16.9. The van der Waals surface area contributed by atoms with E-state index in [2.05, 4.69) is 55.4 Å². The monoisotopic (exact) mass is 402 g/mol. The van der Waals surface area contributed by atoms with Crippen LogP contribution in [0.3, 0.4) is 0 Å². The first-order valence-corrected chi connectivity index (χ1v) is 10.8. The van der Waals surface area contributed by atoms with E-state index in [1.54, 1.807) is 18.9 Å². The molecule has 0 unspecified atom stereocenters. The molecule has 4 aromatic rings. The molecule has 0 radical (unpaired) electrons. The van der Waals surface area contributed by atoms with E-state index in [1.165, 1.54) is 48.1 Å². The Morgan fingerprint density at radius 2 is 2.07 bits per heavy atom. The third kappa shape index (κ3) is 3.24. The van der Waals surface area contributed by atoms with E-state index in [1.807, 2.05) is 10.8 Å². The number of likely N-dealkylation sites (tertiary alicyclic amines) is 2. The topological polar surface area (TPSA) is 66.1 Å². The average molecular weight is 403 g/mol. The van der Waals surface area contributed by atoms with Gasteiger partial charge in [-0.2, -0.15) is 0 Å². The Bertz CT molecular complexity index is 1120. The Kier molecular flexibility index (Phi) is 4.43. The van der Waals surface area contributed by atoms with E-state index >= 15 is 0 Å². The minimum Gasteiger partial charge on any atom is -0.472 e. The summed E-state index contributed by atoms with van der Waals surface area (Å²) in [5.74, 6) is 0.806. The quantitative estimate of drug-likeness (QED) is 0.537. The molecule has 7 nitrogen and oxygen atoms in total. The van der Waals surface area contributed by atoms with Gasteiger partial charge in [-0.15, -0.1) is 10.2 Å². The number of rotatable bonds is 6. The van der Waals surface area contributed by atoms with Crippen LogP contribution in [-0.4, -0.2) is 61.8 Å². The van der Waals surface area contributed by atoms with Gasteiger partial charge in [-0.3, -0.25) is 14.4 Å². The zero-order chi connectivity index (χ0) is 19.9. The maximum absolute atomic E-state index is 5.24. The summed E-state index contributed by atoms with van der Waals surface area (Å²) in [4.78, 5) is 8.74. The first-order valence-electron chi connectivity index (χ1n) is 10.8. The molecule has 154 valence electrons. The second kappa shape index (κ2) is 7.41. The Balaban J connectivity index is 1.14. The van der Waals surface area contributed by atoms with Gasteiger partial charge in [0.15, 0.2) is 0 Å². The van der Waals surface area contributed by atoms with Crippen LogP contribution in [0, 0.1) is 5.92 Å². The fourth-order valence-corrected chi connectivity index (χ4v) is 5.32. The van der Waals surface area contributed by atoms with Gasteiger partial charge in [0.25, 0.3) is 0 Å². The molecule has 0 saturated carbocycles. The normalized spacial score (nSPS) is 22.3. The second-order valence-electron chi connectivity index (χ2n) is 8.64. The standard InChI is InChI=1S/C23H26N6O/c1-2-22-21(9-20(1)29-15-25-26-16-29)18(10-24-22)3-6-28-7-4-19-12-27(13-23(19)28)11-17-5-8-30-14-17/h1-2,5,8-10,14-16,19,23-24H,3-4,6-7,11-13H2/t19-,23+/m0/s1. The maximum Gasteiger partial charge on any atom is 0.123 e. The lowest BCUT2D eigenvalue weighted by molar-refractivity contribution is 0.224. The van der Waals surface area contributed by atoms with E-state index in [-0.39, 0.29) is 0 Å². The van der Waals surface area contributed by atoms with Crippen molar-refractivity contribution < 1.29 is 4.42 Å². The fraction of sp³-hybridized carbons (Fsp3) is 0.391. The lowest BCUT2D eigenvalue weighted by Crippen LogP contribution is -2.36. The van der Waals surface area contributed by atoms with Crippen LogP contribution in [0.15, 0.2) is 60.1 Å². The molecule has 5 heterocycles. The second-order valence-corrected chi connectivity index (χ2v) is 8.64. The number of hydrogen-bond donors (Lipinski definition) is 1. The predicted molar refractivity (Wildman–Crippen MR) is 114 cm³/mol. The number of aromatic amines is 1. The molecule has 2 aliphatic rings. The van der Waals surface area contributed by atoms with Crippen molar-refractivity contribution >= 4 is 10.9 Å². The van der Waals surface area contributed by atoms with Crippen LogP contribution in [0.25, 0.3) is 16.6 Å². The number of nitrogens with one attached hydrogen (secondary N) is 1. The highest BCUT2D eigenvalue weighted by molar-refractivity contribution is 5.85. The molecule has 1 N–H and O–H groups in total. The van der Waals surface area contributed by atoms with Crippen LogP contribution in [0.4, 0.5) is 0 Å². The summed E-state index contributed by atoms with van der Waals surface area (Å²) >= 11 is 0. The minimum absolute atomic E-state index is 0.690. The van der Waals surface area contributed by atoms with Gasteiger partial charge in [0, 0.05) is 60.6 Å². The van der Waals surface area contributed by atoms with Gasteiger partial charge < -0.3 is 9.40 Å². The van der Waals surface area contributed by atoms with Crippen LogP contribution in [0.5, 0.6) is 0 Å². The van der Waals surface area contributed by atoms with Crippen LogP contribution in [0.2, 0.25) is 0 Å². The molecule has 30 heavy (non-hydrogen) atoms. The van der Waals surface area contributed by atoms with Crippen molar-refractivity contribution in [2.45, 2.75) is 25.4 Å². The van der Waals surface area contributed by atoms with Gasteiger partial charge in [0.2, 0.25) is 0 Å².